The molecular weight excluding hydrogens is 410 g/mol. The Labute approximate surface area is 179 Å². The van der Waals surface area contributed by atoms with Gasteiger partial charge < -0.3 is 5.32 Å². The van der Waals surface area contributed by atoms with Gasteiger partial charge in [0.2, 0.25) is 0 Å². The summed E-state index contributed by atoms with van der Waals surface area (Å²) in [6.07, 6.45) is 2.96. The molecule has 1 amide bonds. The first-order valence-corrected chi connectivity index (χ1v) is 10.7. The first kappa shape index (κ1) is 20.8. The summed E-state index contributed by atoms with van der Waals surface area (Å²) in [7, 11) is 0. The number of amides is 1. The number of anilines is 1. The van der Waals surface area contributed by atoms with Gasteiger partial charge in [-0.25, -0.2) is 0 Å². The van der Waals surface area contributed by atoms with Crippen molar-refractivity contribution in [2.45, 2.75) is 40.0 Å². The fraction of sp³-hybridized carbons (Fsp3) is 0.381. The number of nitriles is 1. The van der Waals surface area contributed by atoms with E-state index in [0.29, 0.717) is 27.1 Å². The number of hydrogen-bond acceptors (Lipinski definition) is 4. The van der Waals surface area contributed by atoms with Crippen LogP contribution in [0.15, 0.2) is 24.3 Å². The molecule has 1 aliphatic carbocycles. The van der Waals surface area contributed by atoms with E-state index in [2.05, 4.69) is 37.5 Å². The zero-order valence-corrected chi connectivity index (χ0v) is 18.4. The third-order valence-electron chi connectivity index (χ3n) is 5.16. The van der Waals surface area contributed by atoms with Gasteiger partial charge in [0.1, 0.15) is 11.1 Å². The topological polar surface area (TPSA) is 64.9 Å². The highest BCUT2D eigenvalue weighted by atomic mass is 35.5. The van der Waals surface area contributed by atoms with Gasteiger partial charge in [0, 0.05) is 15.5 Å². The second-order valence-corrected chi connectivity index (χ2v) is 9.99. The van der Waals surface area contributed by atoms with Gasteiger partial charge in [0.05, 0.1) is 5.56 Å². The van der Waals surface area contributed by atoms with Crippen molar-refractivity contribution in [3.8, 4) is 6.07 Å². The summed E-state index contributed by atoms with van der Waals surface area (Å²) in [5, 5.41) is 16.8. The van der Waals surface area contributed by atoms with Gasteiger partial charge in [0.25, 0.3) is 5.91 Å². The maximum absolute atomic E-state index is 12.3. The molecule has 1 aliphatic rings. The molecule has 2 N–H and O–H groups in total. The Hall–Kier alpha value is -1.94. The SMILES string of the molecule is CC(C)(C)C1CCc2c(sc(NC(=S)NC(=O)c3ccc(Cl)cc3)c2C#N)C1. The molecule has 0 spiro atoms. The van der Waals surface area contributed by atoms with E-state index >= 15 is 0 Å². The Kier molecular flexibility index (Phi) is 6.09. The molecule has 0 bridgehead atoms. The molecule has 2 aromatic rings. The van der Waals surface area contributed by atoms with E-state index in [-0.39, 0.29) is 16.4 Å². The Balaban J connectivity index is 1.73. The second kappa shape index (κ2) is 8.20. The van der Waals surface area contributed by atoms with Crippen LogP contribution >= 0.6 is 35.2 Å². The first-order chi connectivity index (χ1) is 13.2. The average Bonchev–Trinajstić information content (AvgIpc) is 2.97. The summed E-state index contributed by atoms with van der Waals surface area (Å²) in [6.45, 7) is 6.80. The van der Waals surface area contributed by atoms with Crippen LogP contribution in [0.1, 0.15) is 53.6 Å². The van der Waals surface area contributed by atoms with E-state index in [1.807, 2.05) is 0 Å². The molecule has 146 valence electrons. The maximum atomic E-state index is 12.3. The maximum Gasteiger partial charge on any atom is 0.257 e. The van der Waals surface area contributed by atoms with E-state index < -0.39 is 0 Å². The molecule has 0 fully saturated rings. The van der Waals surface area contributed by atoms with Gasteiger partial charge >= 0.3 is 0 Å². The standard InChI is InChI=1S/C21H22ClN3OS2/c1-21(2,3)13-6-9-15-16(11-23)19(28-17(15)10-13)25-20(27)24-18(26)12-4-7-14(22)8-5-12/h4-5,7-8,13H,6,9-10H2,1-3H3,(H2,24,25,26,27). The quantitative estimate of drug-likeness (QED) is 0.611. The Bertz CT molecular complexity index is 952. The van der Waals surface area contributed by atoms with Crippen LogP contribution in [0.2, 0.25) is 5.02 Å². The summed E-state index contributed by atoms with van der Waals surface area (Å²) in [5.74, 6) is 0.274. The van der Waals surface area contributed by atoms with Gasteiger partial charge in [-0.2, -0.15) is 5.26 Å². The third kappa shape index (κ3) is 4.54. The normalized spacial score (nSPS) is 16.0. The number of hydrogen-bond donors (Lipinski definition) is 2. The molecule has 1 unspecified atom stereocenters. The molecule has 0 aliphatic heterocycles. The van der Waals surface area contributed by atoms with Crippen molar-refractivity contribution < 1.29 is 4.79 Å². The zero-order valence-electron chi connectivity index (χ0n) is 16.1. The van der Waals surface area contributed by atoms with Crippen LogP contribution in [0.25, 0.3) is 0 Å². The second-order valence-electron chi connectivity index (χ2n) is 8.04. The smallest absolute Gasteiger partial charge is 0.257 e. The lowest BCUT2D eigenvalue weighted by atomic mass is 9.72. The van der Waals surface area contributed by atoms with Gasteiger partial charge in [-0.05, 0) is 72.6 Å². The lowest BCUT2D eigenvalue weighted by Crippen LogP contribution is -2.34. The van der Waals surface area contributed by atoms with Crippen LogP contribution < -0.4 is 10.6 Å². The van der Waals surface area contributed by atoms with Crippen LogP contribution in [0.4, 0.5) is 5.00 Å². The Morgan fingerprint density at radius 2 is 2.00 bits per heavy atom. The molecule has 0 saturated carbocycles. The minimum absolute atomic E-state index is 0.183. The monoisotopic (exact) mass is 431 g/mol. The van der Waals surface area contributed by atoms with E-state index in [4.69, 9.17) is 23.8 Å². The molecule has 0 saturated heterocycles. The fourth-order valence-corrected chi connectivity index (χ4v) is 5.11. The van der Waals surface area contributed by atoms with E-state index in [1.54, 1.807) is 35.6 Å². The Morgan fingerprint density at radius 1 is 1.32 bits per heavy atom. The summed E-state index contributed by atoms with van der Waals surface area (Å²) < 4.78 is 0. The lowest BCUT2D eigenvalue weighted by Gasteiger charge is -2.33. The molecule has 1 atom stereocenters. The molecular formula is C21H22ClN3OS2. The molecule has 1 aromatic carbocycles. The molecule has 0 radical (unpaired) electrons. The Morgan fingerprint density at radius 3 is 2.61 bits per heavy atom. The molecule has 1 heterocycles. The molecule has 1 aromatic heterocycles. The minimum Gasteiger partial charge on any atom is -0.323 e. The van der Waals surface area contributed by atoms with E-state index in [1.165, 1.54) is 4.88 Å². The van der Waals surface area contributed by atoms with Crippen LogP contribution in [0.3, 0.4) is 0 Å². The minimum atomic E-state index is -0.318. The first-order valence-electron chi connectivity index (χ1n) is 9.11. The van der Waals surface area contributed by atoms with Crippen molar-refractivity contribution in [1.82, 2.24) is 5.32 Å². The number of carbonyl (C=O) groups excluding carboxylic acids is 1. The summed E-state index contributed by atoms with van der Waals surface area (Å²) in [6, 6.07) is 8.89. The third-order valence-corrected chi connectivity index (χ3v) is 6.79. The molecule has 4 nitrogen and oxygen atoms in total. The fourth-order valence-electron chi connectivity index (χ4n) is 3.44. The summed E-state index contributed by atoms with van der Waals surface area (Å²) >= 11 is 12.7. The van der Waals surface area contributed by atoms with Gasteiger partial charge in [-0.1, -0.05) is 32.4 Å². The zero-order chi connectivity index (χ0) is 20.5. The number of rotatable bonds is 2. The molecule has 7 heteroatoms. The number of thiocarbonyl (C=S) groups is 1. The number of halogens is 1. The predicted octanol–water partition coefficient (Wildman–Crippen LogP) is 5.55. The molecule has 3 rings (SSSR count). The largest absolute Gasteiger partial charge is 0.323 e. The highest BCUT2D eigenvalue weighted by Gasteiger charge is 2.32. The summed E-state index contributed by atoms with van der Waals surface area (Å²) in [5.41, 5.74) is 2.48. The van der Waals surface area contributed by atoms with Crippen LogP contribution in [0, 0.1) is 22.7 Å². The van der Waals surface area contributed by atoms with Crippen molar-refractivity contribution in [1.29, 1.82) is 5.26 Å². The average molecular weight is 432 g/mol. The van der Waals surface area contributed by atoms with Crippen molar-refractivity contribution in [2.24, 2.45) is 11.3 Å². The van der Waals surface area contributed by atoms with Crippen LogP contribution in [-0.4, -0.2) is 11.0 Å². The van der Waals surface area contributed by atoms with Crippen LogP contribution in [0.5, 0.6) is 0 Å². The lowest BCUT2D eigenvalue weighted by molar-refractivity contribution is 0.0977. The van der Waals surface area contributed by atoms with Gasteiger partial charge in [-0.3, -0.25) is 10.1 Å². The number of carbonyl (C=O) groups is 1. The van der Waals surface area contributed by atoms with Gasteiger partial charge in [0.15, 0.2) is 5.11 Å². The van der Waals surface area contributed by atoms with Crippen molar-refractivity contribution in [3.63, 3.8) is 0 Å². The number of nitrogens with one attached hydrogen (secondary N) is 2. The molecule has 28 heavy (non-hydrogen) atoms. The number of fused-ring (bicyclic) bond motifs is 1. The van der Waals surface area contributed by atoms with Crippen molar-refractivity contribution >= 4 is 51.2 Å². The predicted molar refractivity (Wildman–Crippen MR) is 119 cm³/mol. The van der Waals surface area contributed by atoms with E-state index in [0.717, 1.165) is 24.8 Å². The highest BCUT2D eigenvalue weighted by molar-refractivity contribution is 7.80. The van der Waals surface area contributed by atoms with Crippen molar-refractivity contribution in [2.75, 3.05) is 5.32 Å². The van der Waals surface area contributed by atoms with E-state index in [9.17, 15) is 10.1 Å². The van der Waals surface area contributed by atoms with Crippen LogP contribution in [-0.2, 0) is 12.8 Å². The number of thiophene rings is 1. The highest BCUT2D eigenvalue weighted by Crippen LogP contribution is 2.43. The number of benzene rings is 1. The van der Waals surface area contributed by atoms with Crippen molar-refractivity contribution in [3.05, 3.63) is 50.9 Å². The number of nitrogens with zero attached hydrogens (tertiary/aromatic N) is 1. The summed E-state index contributed by atoms with van der Waals surface area (Å²) in [4.78, 5) is 13.6. The van der Waals surface area contributed by atoms with Gasteiger partial charge in [-0.15, -0.1) is 11.3 Å².